The molecule has 0 N–H and O–H groups in total. The van der Waals surface area contributed by atoms with Gasteiger partial charge in [-0.3, -0.25) is 4.90 Å². The molecule has 3 heteroatoms. The number of likely N-dealkylation sites (N-methyl/N-ethyl adjacent to an activating group) is 2. The van der Waals surface area contributed by atoms with Crippen LogP contribution in [0.3, 0.4) is 0 Å². The van der Waals surface area contributed by atoms with Crippen molar-refractivity contribution in [1.82, 2.24) is 9.80 Å². The predicted octanol–water partition coefficient (Wildman–Crippen LogP) is 1.05. The van der Waals surface area contributed by atoms with Crippen LogP contribution in [0.5, 0.6) is 0 Å². The SMILES string of the molecule is CN1CC2CN(C)[C@H](C(C)(C)C)C(C1)O2. The lowest BCUT2D eigenvalue weighted by Crippen LogP contribution is -2.65. The predicted molar refractivity (Wildman–Crippen MR) is 62.0 cm³/mol. The first kappa shape index (κ1) is 11.4. The summed E-state index contributed by atoms with van der Waals surface area (Å²) in [6.07, 6.45) is 0.796. The van der Waals surface area contributed by atoms with Crippen LogP contribution >= 0.6 is 0 Å². The minimum atomic E-state index is 0.294. The van der Waals surface area contributed by atoms with Gasteiger partial charge in [0, 0.05) is 25.7 Å². The van der Waals surface area contributed by atoms with Crippen LogP contribution in [0.25, 0.3) is 0 Å². The van der Waals surface area contributed by atoms with Crippen LogP contribution in [-0.2, 0) is 4.74 Å². The molecule has 0 spiro atoms. The first-order valence-corrected chi connectivity index (χ1v) is 5.92. The van der Waals surface area contributed by atoms with E-state index >= 15 is 0 Å². The second-order valence-corrected chi connectivity index (χ2v) is 6.27. The van der Waals surface area contributed by atoms with Gasteiger partial charge in [-0.15, -0.1) is 0 Å². The monoisotopic (exact) mass is 212 g/mol. The summed E-state index contributed by atoms with van der Waals surface area (Å²) in [7, 11) is 4.44. The Morgan fingerprint density at radius 1 is 1.07 bits per heavy atom. The molecule has 0 aromatic rings. The third kappa shape index (κ3) is 2.19. The molecule has 88 valence electrons. The standard InChI is InChI=1S/C12H24N2O/c1-12(2,3)11-10-8-13(4)6-9(15-10)7-14(11)5/h9-11H,6-8H2,1-5H3/t9?,10?,11-/m0/s1. The van der Waals surface area contributed by atoms with Gasteiger partial charge in [0.15, 0.2) is 0 Å². The Labute approximate surface area is 93.4 Å². The summed E-state index contributed by atoms with van der Waals surface area (Å²) in [5.74, 6) is 0. The average Bonchev–Trinajstić information content (AvgIpc) is 1.97. The topological polar surface area (TPSA) is 15.7 Å². The Morgan fingerprint density at radius 2 is 1.73 bits per heavy atom. The smallest absolute Gasteiger partial charge is 0.0866 e. The zero-order valence-corrected chi connectivity index (χ0v) is 10.7. The lowest BCUT2D eigenvalue weighted by atomic mass is 9.80. The first-order valence-electron chi connectivity index (χ1n) is 5.92. The van der Waals surface area contributed by atoms with Crippen LogP contribution in [0.4, 0.5) is 0 Å². The minimum Gasteiger partial charge on any atom is -0.369 e. The number of morpholine rings is 2. The maximum absolute atomic E-state index is 6.12. The van der Waals surface area contributed by atoms with Crippen LogP contribution in [0, 0.1) is 5.41 Å². The molecule has 0 aromatic carbocycles. The zero-order valence-electron chi connectivity index (χ0n) is 10.7. The van der Waals surface area contributed by atoms with E-state index in [1.165, 1.54) is 0 Å². The molecule has 0 saturated carbocycles. The zero-order chi connectivity index (χ0) is 11.2. The van der Waals surface area contributed by atoms with Crippen molar-refractivity contribution in [2.45, 2.75) is 39.0 Å². The number of fused-ring (bicyclic) bond motifs is 2. The van der Waals surface area contributed by atoms with Gasteiger partial charge in [-0.2, -0.15) is 0 Å². The van der Waals surface area contributed by atoms with Crippen molar-refractivity contribution < 1.29 is 4.74 Å². The van der Waals surface area contributed by atoms with E-state index in [0.717, 1.165) is 19.6 Å². The van der Waals surface area contributed by atoms with E-state index in [4.69, 9.17) is 4.74 Å². The van der Waals surface area contributed by atoms with Gasteiger partial charge in [-0.05, 0) is 19.5 Å². The van der Waals surface area contributed by atoms with Crippen LogP contribution < -0.4 is 0 Å². The van der Waals surface area contributed by atoms with E-state index in [1.807, 2.05) is 0 Å². The second kappa shape index (κ2) is 3.72. The van der Waals surface area contributed by atoms with E-state index in [9.17, 15) is 0 Å². The highest BCUT2D eigenvalue weighted by Crippen LogP contribution is 2.33. The van der Waals surface area contributed by atoms with Gasteiger partial charge in [0.05, 0.1) is 12.2 Å². The molecule has 3 nitrogen and oxygen atoms in total. The van der Waals surface area contributed by atoms with Crippen molar-refractivity contribution in [1.29, 1.82) is 0 Å². The Bertz CT molecular complexity index is 232. The van der Waals surface area contributed by atoms with Crippen molar-refractivity contribution in [2.75, 3.05) is 33.7 Å². The Balaban J connectivity index is 2.16. The van der Waals surface area contributed by atoms with E-state index in [2.05, 4.69) is 44.7 Å². The summed E-state index contributed by atoms with van der Waals surface area (Å²) in [5.41, 5.74) is 0.294. The highest BCUT2D eigenvalue weighted by atomic mass is 16.5. The molecule has 2 rings (SSSR count). The van der Waals surface area contributed by atoms with E-state index in [-0.39, 0.29) is 0 Å². The average molecular weight is 212 g/mol. The largest absolute Gasteiger partial charge is 0.369 e. The van der Waals surface area contributed by atoms with E-state index < -0.39 is 0 Å². The van der Waals surface area contributed by atoms with Gasteiger partial charge in [-0.1, -0.05) is 20.8 Å². The van der Waals surface area contributed by atoms with Gasteiger partial charge >= 0.3 is 0 Å². The summed E-state index contributed by atoms with van der Waals surface area (Å²) in [6.45, 7) is 10.2. The summed E-state index contributed by atoms with van der Waals surface area (Å²) in [5, 5.41) is 0. The van der Waals surface area contributed by atoms with Crippen molar-refractivity contribution in [3.8, 4) is 0 Å². The highest BCUT2D eigenvalue weighted by molar-refractivity contribution is 4.97. The van der Waals surface area contributed by atoms with Gasteiger partial charge in [-0.25, -0.2) is 0 Å². The number of rotatable bonds is 0. The maximum Gasteiger partial charge on any atom is 0.0866 e. The molecule has 3 atom stereocenters. The molecule has 2 fully saturated rings. The Hall–Kier alpha value is -0.120. The maximum atomic E-state index is 6.12. The number of hydrogen-bond donors (Lipinski definition) is 0. The highest BCUT2D eigenvalue weighted by Gasteiger charge is 2.44. The summed E-state index contributed by atoms with van der Waals surface area (Å²) in [6, 6.07) is 0.538. The lowest BCUT2D eigenvalue weighted by Gasteiger charge is -2.53. The lowest BCUT2D eigenvalue weighted by molar-refractivity contribution is -0.176. The van der Waals surface area contributed by atoms with Crippen molar-refractivity contribution in [3.05, 3.63) is 0 Å². The van der Waals surface area contributed by atoms with E-state index in [0.29, 0.717) is 23.7 Å². The Morgan fingerprint density at radius 3 is 2.33 bits per heavy atom. The number of hydrogen-bond acceptors (Lipinski definition) is 3. The molecular formula is C12H24N2O. The quantitative estimate of drug-likeness (QED) is 0.597. The fourth-order valence-electron chi connectivity index (χ4n) is 3.28. The third-order valence-electron chi connectivity index (χ3n) is 3.58. The molecule has 15 heavy (non-hydrogen) atoms. The number of nitrogens with zero attached hydrogens (tertiary/aromatic N) is 2. The molecule has 2 heterocycles. The molecule has 0 radical (unpaired) electrons. The normalized spacial score (nSPS) is 39.4. The molecule has 0 aromatic heterocycles. The molecule has 2 unspecified atom stereocenters. The van der Waals surface area contributed by atoms with Crippen molar-refractivity contribution in [3.63, 3.8) is 0 Å². The summed E-state index contributed by atoms with van der Waals surface area (Å²) < 4.78 is 6.12. The van der Waals surface area contributed by atoms with Gasteiger partial charge in [0.2, 0.25) is 0 Å². The van der Waals surface area contributed by atoms with Gasteiger partial charge in [0.25, 0.3) is 0 Å². The molecule has 2 aliphatic heterocycles. The van der Waals surface area contributed by atoms with Crippen molar-refractivity contribution in [2.24, 2.45) is 5.41 Å². The molecule has 2 aliphatic rings. The molecule has 0 amide bonds. The summed E-state index contributed by atoms with van der Waals surface area (Å²) in [4.78, 5) is 4.90. The van der Waals surface area contributed by atoms with Crippen LogP contribution in [0.1, 0.15) is 20.8 Å². The van der Waals surface area contributed by atoms with Crippen LogP contribution in [0.15, 0.2) is 0 Å². The first-order chi connectivity index (χ1) is 6.88. The molecule has 0 aliphatic carbocycles. The molecular weight excluding hydrogens is 188 g/mol. The molecule has 2 saturated heterocycles. The number of ether oxygens (including phenoxy) is 1. The van der Waals surface area contributed by atoms with Crippen molar-refractivity contribution >= 4 is 0 Å². The van der Waals surface area contributed by atoms with Crippen LogP contribution in [-0.4, -0.2) is 61.8 Å². The molecule has 2 bridgehead atoms. The summed E-state index contributed by atoms with van der Waals surface area (Å²) >= 11 is 0. The Kier molecular flexibility index (Phi) is 2.82. The fraction of sp³-hybridized carbons (Fsp3) is 1.00. The van der Waals surface area contributed by atoms with E-state index in [1.54, 1.807) is 0 Å². The third-order valence-corrected chi connectivity index (χ3v) is 3.58. The van der Waals surface area contributed by atoms with Gasteiger partial charge < -0.3 is 9.64 Å². The minimum absolute atomic E-state index is 0.294. The fourth-order valence-corrected chi connectivity index (χ4v) is 3.28. The second-order valence-electron chi connectivity index (χ2n) is 6.27. The van der Waals surface area contributed by atoms with Crippen LogP contribution in [0.2, 0.25) is 0 Å². The van der Waals surface area contributed by atoms with Gasteiger partial charge in [0.1, 0.15) is 0 Å².